The van der Waals surface area contributed by atoms with Gasteiger partial charge < -0.3 is 0 Å². The van der Waals surface area contributed by atoms with Crippen LogP contribution in [0.1, 0.15) is 102 Å². The van der Waals surface area contributed by atoms with Gasteiger partial charge in [0.05, 0.1) is 11.5 Å². The third-order valence-corrected chi connectivity index (χ3v) is 6.53. The highest BCUT2D eigenvalue weighted by atomic mass is 32.2. The summed E-state index contributed by atoms with van der Waals surface area (Å²) in [7, 11) is -3.61. The van der Waals surface area contributed by atoms with Crippen molar-refractivity contribution in [2.24, 2.45) is 0 Å². The van der Waals surface area contributed by atoms with Crippen LogP contribution in [0.15, 0.2) is 41.3 Å². The average Bonchev–Trinajstić information content (AvgIpc) is 2.70. The van der Waals surface area contributed by atoms with Gasteiger partial charge in [-0.2, -0.15) is 8.42 Å². The average molecular weight is 423 g/mol. The number of hydrogen-bond donors (Lipinski definition) is 0. The lowest BCUT2D eigenvalue weighted by Crippen LogP contribution is -2.07. The maximum absolute atomic E-state index is 12.1. The van der Waals surface area contributed by atoms with Crippen LogP contribution >= 0.6 is 0 Å². The van der Waals surface area contributed by atoms with Crippen molar-refractivity contribution in [3.05, 3.63) is 42.0 Å². The van der Waals surface area contributed by atoms with E-state index in [0.717, 1.165) is 31.2 Å². The minimum Gasteiger partial charge on any atom is -0.266 e. The third-order valence-electron chi connectivity index (χ3n) is 5.20. The number of allylic oxidation sites excluding steroid dienone is 2. The minimum absolute atomic E-state index is 0.238. The molecule has 0 aliphatic heterocycles. The molecule has 0 unspecified atom stereocenters. The summed E-state index contributed by atoms with van der Waals surface area (Å²) >= 11 is 0. The maximum Gasteiger partial charge on any atom is 0.296 e. The Morgan fingerprint density at radius 2 is 1.21 bits per heavy atom. The first-order chi connectivity index (χ1) is 14.1. The molecule has 4 heteroatoms. The van der Waals surface area contributed by atoms with Crippen molar-refractivity contribution in [3.63, 3.8) is 0 Å². The van der Waals surface area contributed by atoms with Gasteiger partial charge in [0.15, 0.2) is 0 Å². The molecule has 1 aromatic rings. The molecule has 0 atom stereocenters. The van der Waals surface area contributed by atoms with Crippen LogP contribution in [0.3, 0.4) is 0 Å². The first-order valence-corrected chi connectivity index (χ1v) is 13.1. The van der Waals surface area contributed by atoms with Crippen LogP contribution < -0.4 is 0 Å². The molecule has 1 aromatic carbocycles. The van der Waals surface area contributed by atoms with Crippen molar-refractivity contribution < 1.29 is 12.6 Å². The van der Waals surface area contributed by atoms with Crippen LogP contribution in [0.25, 0.3) is 0 Å². The highest BCUT2D eigenvalue weighted by Gasteiger charge is 2.14. The Morgan fingerprint density at radius 1 is 0.724 bits per heavy atom. The van der Waals surface area contributed by atoms with Crippen LogP contribution in [-0.4, -0.2) is 15.0 Å². The van der Waals surface area contributed by atoms with E-state index in [4.69, 9.17) is 4.18 Å². The molecule has 0 saturated carbocycles. The summed E-state index contributed by atoms with van der Waals surface area (Å²) in [6.07, 6.45) is 22.1. The monoisotopic (exact) mass is 422 g/mol. The van der Waals surface area contributed by atoms with Gasteiger partial charge in [0.25, 0.3) is 10.1 Å². The third kappa shape index (κ3) is 13.7. The van der Waals surface area contributed by atoms with Gasteiger partial charge in [0.2, 0.25) is 0 Å². The van der Waals surface area contributed by atoms with Crippen LogP contribution in [0, 0.1) is 6.92 Å². The first-order valence-electron chi connectivity index (χ1n) is 11.7. The fraction of sp³-hybridized carbons (Fsp3) is 0.680. The van der Waals surface area contributed by atoms with E-state index in [1.165, 1.54) is 64.2 Å². The maximum atomic E-state index is 12.1. The molecule has 0 saturated heterocycles. The predicted octanol–water partition coefficient (Wildman–Crippen LogP) is 7.74. The topological polar surface area (TPSA) is 43.4 Å². The molecule has 0 aromatic heterocycles. The van der Waals surface area contributed by atoms with Gasteiger partial charge >= 0.3 is 0 Å². The molecule has 166 valence electrons. The van der Waals surface area contributed by atoms with E-state index >= 15 is 0 Å². The number of rotatable bonds is 18. The summed E-state index contributed by atoms with van der Waals surface area (Å²) in [6, 6.07) is 6.78. The SMILES string of the molecule is CCCCCCCCCCCC=CCCCCCOS(=O)(=O)c1ccc(C)cc1. The Kier molecular flexibility index (Phi) is 14.9. The van der Waals surface area contributed by atoms with Crippen LogP contribution in [-0.2, 0) is 14.3 Å². The number of hydrogen-bond acceptors (Lipinski definition) is 3. The normalized spacial score (nSPS) is 12.1. The van der Waals surface area contributed by atoms with Gasteiger partial charge in [0.1, 0.15) is 0 Å². The second kappa shape index (κ2) is 16.6. The summed E-state index contributed by atoms with van der Waals surface area (Å²) < 4.78 is 29.3. The zero-order chi connectivity index (χ0) is 21.2. The lowest BCUT2D eigenvalue weighted by atomic mass is 10.1. The van der Waals surface area contributed by atoms with Gasteiger partial charge in [-0.1, -0.05) is 94.6 Å². The largest absolute Gasteiger partial charge is 0.296 e. The second-order valence-electron chi connectivity index (χ2n) is 8.03. The molecule has 0 spiro atoms. The Labute approximate surface area is 180 Å². The van der Waals surface area contributed by atoms with Crippen molar-refractivity contribution in [2.75, 3.05) is 6.61 Å². The zero-order valence-electron chi connectivity index (χ0n) is 18.7. The van der Waals surface area contributed by atoms with Crippen molar-refractivity contribution >= 4 is 10.1 Å². The van der Waals surface area contributed by atoms with Gasteiger partial charge in [0, 0.05) is 0 Å². The van der Waals surface area contributed by atoms with E-state index in [0.29, 0.717) is 0 Å². The molecule has 3 nitrogen and oxygen atoms in total. The number of aryl methyl sites for hydroxylation is 1. The summed E-state index contributed by atoms with van der Waals surface area (Å²) in [6.45, 7) is 4.46. The number of unbranched alkanes of at least 4 members (excludes halogenated alkanes) is 12. The van der Waals surface area contributed by atoms with Crippen molar-refractivity contribution in [1.82, 2.24) is 0 Å². The van der Waals surface area contributed by atoms with Crippen LogP contribution in [0.2, 0.25) is 0 Å². The molecule has 0 aliphatic carbocycles. The number of benzene rings is 1. The van der Waals surface area contributed by atoms with Gasteiger partial charge in [-0.3, -0.25) is 4.18 Å². The Bertz CT molecular complexity index is 633. The minimum atomic E-state index is -3.61. The fourth-order valence-electron chi connectivity index (χ4n) is 3.29. The standard InChI is InChI=1S/C25H42O3S/c1-3-4-5-6-7-8-9-10-11-12-13-14-15-16-17-18-23-28-29(26,27)25-21-19-24(2)20-22-25/h13-14,19-22H,3-12,15-18,23H2,1-2H3. The first kappa shape index (κ1) is 25.9. The molecule has 0 amide bonds. The lowest BCUT2D eigenvalue weighted by molar-refractivity contribution is 0.307. The van der Waals surface area contributed by atoms with Crippen molar-refractivity contribution in [3.8, 4) is 0 Å². The highest BCUT2D eigenvalue weighted by Crippen LogP contribution is 2.14. The molecule has 0 heterocycles. The van der Waals surface area contributed by atoms with Crippen LogP contribution in [0.4, 0.5) is 0 Å². The van der Waals surface area contributed by atoms with E-state index in [2.05, 4.69) is 19.1 Å². The molecule has 0 bridgehead atoms. The fourth-order valence-corrected chi connectivity index (χ4v) is 4.23. The Morgan fingerprint density at radius 3 is 1.76 bits per heavy atom. The highest BCUT2D eigenvalue weighted by molar-refractivity contribution is 7.86. The van der Waals surface area contributed by atoms with E-state index in [1.54, 1.807) is 24.3 Å². The molecule has 29 heavy (non-hydrogen) atoms. The van der Waals surface area contributed by atoms with E-state index in [1.807, 2.05) is 6.92 Å². The summed E-state index contributed by atoms with van der Waals surface area (Å²) in [5.74, 6) is 0. The Hall–Kier alpha value is -1.13. The van der Waals surface area contributed by atoms with Crippen LogP contribution in [0.5, 0.6) is 0 Å². The smallest absolute Gasteiger partial charge is 0.266 e. The Balaban J connectivity index is 1.92. The molecular formula is C25H42O3S. The molecular weight excluding hydrogens is 380 g/mol. The predicted molar refractivity (Wildman–Crippen MR) is 124 cm³/mol. The summed E-state index contributed by atoms with van der Waals surface area (Å²) in [5.41, 5.74) is 1.04. The molecule has 1 rings (SSSR count). The van der Waals surface area contributed by atoms with Crippen molar-refractivity contribution in [2.45, 2.75) is 109 Å². The molecule has 0 N–H and O–H groups in total. The van der Waals surface area contributed by atoms with Gasteiger partial charge in [-0.25, -0.2) is 0 Å². The lowest BCUT2D eigenvalue weighted by Gasteiger charge is -2.05. The van der Waals surface area contributed by atoms with E-state index in [9.17, 15) is 8.42 Å². The summed E-state index contributed by atoms with van der Waals surface area (Å²) in [5, 5.41) is 0. The molecule has 0 fully saturated rings. The van der Waals surface area contributed by atoms with E-state index < -0.39 is 10.1 Å². The second-order valence-corrected chi connectivity index (χ2v) is 9.64. The van der Waals surface area contributed by atoms with Crippen molar-refractivity contribution in [1.29, 1.82) is 0 Å². The van der Waals surface area contributed by atoms with Gasteiger partial charge in [-0.15, -0.1) is 0 Å². The van der Waals surface area contributed by atoms with E-state index in [-0.39, 0.29) is 11.5 Å². The zero-order valence-corrected chi connectivity index (χ0v) is 19.5. The summed E-state index contributed by atoms with van der Waals surface area (Å²) in [4.78, 5) is 0.238. The quantitative estimate of drug-likeness (QED) is 0.138. The van der Waals surface area contributed by atoms with Gasteiger partial charge in [-0.05, 0) is 51.2 Å². The molecule has 0 radical (unpaired) electrons. The molecule has 0 aliphatic rings.